The van der Waals surface area contributed by atoms with Gasteiger partial charge in [0, 0.05) is 10.8 Å². The number of nitrogens with zero attached hydrogens (tertiary/aromatic N) is 4. The Morgan fingerprint density at radius 3 is 2.56 bits per heavy atom. The molecule has 1 saturated heterocycles. The second-order valence-electron chi connectivity index (χ2n) is 6.97. The van der Waals surface area contributed by atoms with Crippen molar-refractivity contribution >= 4 is 11.0 Å². The lowest BCUT2D eigenvalue weighted by Crippen LogP contribution is -2.47. The molecule has 0 atom stereocenters. The van der Waals surface area contributed by atoms with Crippen LogP contribution in [0.15, 0.2) is 47.4 Å². The van der Waals surface area contributed by atoms with Crippen LogP contribution in [0, 0.1) is 15.5 Å². The Hall–Kier alpha value is -2.98. The molecule has 0 saturated carbocycles. The van der Waals surface area contributed by atoms with Gasteiger partial charge in [-0.3, -0.25) is 0 Å². The zero-order valence-corrected chi connectivity index (χ0v) is 14.9. The smallest absolute Gasteiger partial charge is 0.291 e. The van der Waals surface area contributed by atoms with E-state index in [1.165, 1.54) is 6.33 Å². The second kappa shape index (κ2) is 7.33. The summed E-state index contributed by atoms with van der Waals surface area (Å²) in [5.41, 5.74) is 0.787. The summed E-state index contributed by atoms with van der Waals surface area (Å²) in [4.78, 5) is 12.4. The van der Waals surface area contributed by atoms with E-state index in [0.717, 1.165) is 11.0 Å². The van der Waals surface area contributed by atoms with E-state index < -0.39 is 10.9 Å². The fraction of sp³-hybridized carbons (Fsp3) is 0.412. The molecular weight excluding hydrogens is 356 g/mol. The van der Waals surface area contributed by atoms with Gasteiger partial charge in [-0.1, -0.05) is 32.0 Å². The summed E-state index contributed by atoms with van der Waals surface area (Å²) in [5, 5.41) is 18.8. The summed E-state index contributed by atoms with van der Waals surface area (Å²) in [6.45, 7) is 5.79. The van der Waals surface area contributed by atoms with Crippen LogP contribution in [0.2, 0.25) is 0 Å². The monoisotopic (exact) mass is 376 g/mol. The topological polar surface area (TPSA) is 126 Å². The van der Waals surface area contributed by atoms with Crippen molar-refractivity contribution in [3.8, 4) is 0 Å². The Labute approximate surface area is 154 Å². The number of furan rings is 1. The van der Waals surface area contributed by atoms with Crippen molar-refractivity contribution in [3.63, 3.8) is 0 Å². The first kappa shape index (κ1) is 18.8. The molecule has 0 unspecified atom stereocenters. The molecule has 1 aliphatic heterocycles. The van der Waals surface area contributed by atoms with Crippen molar-refractivity contribution in [2.75, 3.05) is 13.2 Å². The van der Waals surface area contributed by atoms with Gasteiger partial charge in [0.25, 0.3) is 5.09 Å². The first-order valence-corrected chi connectivity index (χ1v) is 8.22. The van der Waals surface area contributed by atoms with E-state index in [0.29, 0.717) is 25.5 Å². The molecular formula is C17H20N4O6. The Bertz CT molecular complexity index is 858. The zero-order valence-electron chi connectivity index (χ0n) is 14.9. The number of hydrogen-bond acceptors (Lipinski definition) is 7. The quantitative estimate of drug-likeness (QED) is 0.546. The minimum absolute atomic E-state index is 0.0299. The van der Waals surface area contributed by atoms with E-state index in [1.807, 2.05) is 30.3 Å². The Kier molecular flexibility index (Phi) is 5.10. The number of aromatic nitrogens is 3. The largest absolute Gasteiger partial charge is 0.455 e. The zero-order chi connectivity index (χ0) is 19.5. The molecule has 27 heavy (non-hydrogen) atoms. The summed E-state index contributed by atoms with van der Waals surface area (Å²) in [7, 11) is 0. The van der Waals surface area contributed by atoms with Crippen molar-refractivity contribution in [1.29, 1.82) is 0 Å². The molecule has 1 aliphatic rings. The van der Waals surface area contributed by atoms with E-state index >= 15 is 0 Å². The molecule has 0 spiro atoms. The van der Waals surface area contributed by atoms with E-state index in [-0.39, 0.29) is 5.41 Å². The van der Waals surface area contributed by atoms with Crippen LogP contribution in [0.5, 0.6) is 0 Å². The predicted molar refractivity (Wildman–Crippen MR) is 92.4 cm³/mol. The number of rotatable bonds is 3. The van der Waals surface area contributed by atoms with Crippen molar-refractivity contribution in [2.24, 2.45) is 5.41 Å². The van der Waals surface area contributed by atoms with Gasteiger partial charge in [0.15, 0.2) is 5.76 Å². The van der Waals surface area contributed by atoms with Crippen LogP contribution in [0.1, 0.15) is 19.6 Å². The number of hydrogen-bond donors (Lipinski definition) is 1. The lowest BCUT2D eigenvalue weighted by atomic mass is 9.94. The van der Waals surface area contributed by atoms with Crippen LogP contribution >= 0.6 is 0 Å². The maximum atomic E-state index is 8.36. The Balaban J connectivity index is 0.000000481. The van der Waals surface area contributed by atoms with E-state index in [9.17, 15) is 0 Å². The van der Waals surface area contributed by atoms with Crippen LogP contribution < -0.4 is 0 Å². The first-order valence-electron chi connectivity index (χ1n) is 8.22. The Morgan fingerprint density at radius 2 is 1.96 bits per heavy atom. The van der Waals surface area contributed by atoms with Crippen molar-refractivity contribution in [3.05, 3.63) is 58.9 Å². The maximum absolute atomic E-state index is 8.36. The second-order valence-corrected chi connectivity index (χ2v) is 6.97. The van der Waals surface area contributed by atoms with Crippen LogP contribution in [-0.2, 0) is 21.8 Å². The minimum atomic E-state index is -1.50. The summed E-state index contributed by atoms with van der Waals surface area (Å²) in [6, 6.07) is 9.86. The summed E-state index contributed by atoms with van der Waals surface area (Å²) < 4.78 is 20.0. The fourth-order valence-corrected chi connectivity index (χ4v) is 2.72. The molecule has 3 aromatic rings. The van der Waals surface area contributed by atoms with Crippen LogP contribution in [0.3, 0.4) is 0 Å². The third kappa shape index (κ3) is 4.41. The molecule has 0 radical (unpaired) electrons. The molecule has 0 amide bonds. The molecule has 4 rings (SSSR count). The van der Waals surface area contributed by atoms with Crippen molar-refractivity contribution < 1.29 is 24.2 Å². The number of fused-ring (bicyclic) bond motifs is 1. The van der Waals surface area contributed by atoms with Gasteiger partial charge in [0.2, 0.25) is 5.79 Å². The average Bonchev–Trinajstić information content (AvgIpc) is 3.26. The third-order valence-electron chi connectivity index (χ3n) is 4.03. The van der Waals surface area contributed by atoms with E-state index in [2.05, 4.69) is 23.9 Å². The normalized spacial score (nSPS) is 17.9. The highest BCUT2D eigenvalue weighted by atomic mass is 16.9. The lowest BCUT2D eigenvalue weighted by molar-refractivity contribution is -0.742. The van der Waals surface area contributed by atoms with Crippen LogP contribution in [0.4, 0.5) is 0 Å². The lowest BCUT2D eigenvalue weighted by Gasteiger charge is -2.41. The Morgan fingerprint density at radius 1 is 1.30 bits per heavy atom. The molecule has 10 heteroatoms. The van der Waals surface area contributed by atoms with Gasteiger partial charge >= 0.3 is 0 Å². The SMILES string of the molecule is CC1(C)COC(Cn2cncn2)(c2cc3ccccc3o2)OC1.O=[N+]([O-])O. The van der Waals surface area contributed by atoms with Gasteiger partial charge in [-0.05, 0) is 12.1 Å². The molecule has 3 heterocycles. The maximum Gasteiger partial charge on any atom is 0.291 e. The molecule has 144 valence electrons. The fourth-order valence-electron chi connectivity index (χ4n) is 2.72. The summed E-state index contributed by atoms with van der Waals surface area (Å²) in [5.74, 6) is -0.327. The van der Waals surface area contributed by atoms with Gasteiger partial charge in [-0.2, -0.15) is 5.10 Å². The minimum Gasteiger partial charge on any atom is -0.455 e. The first-order chi connectivity index (χ1) is 12.8. The summed E-state index contributed by atoms with van der Waals surface area (Å²) in [6.07, 6.45) is 3.15. The van der Waals surface area contributed by atoms with Gasteiger partial charge in [-0.25, -0.2) is 9.67 Å². The van der Waals surface area contributed by atoms with Gasteiger partial charge in [0.05, 0.1) is 13.2 Å². The van der Waals surface area contributed by atoms with Gasteiger partial charge < -0.3 is 19.1 Å². The standard InChI is InChI=1S/C17H19N3O3.HNO3/c1-16(2)9-21-17(22-10-16,8-20-12-18-11-19-20)15-7-13-5-3-4-6-14(13)23-15;2-1(3)4/h3-7,11-12H,8-10H2,1-2H3;(H,2,3,4). The molecule has 10 nitrogen and oxygen atoms in total. The third-order valence-corrected chi connectivity index (χ3v) is 4.03. The van der Waals surface area contributed by atoms with E-state index in [4.69, 9.17) is 29.2 Å². The molecule has 2 aromatic heterocycles. The number of ether oxygens (including phenoxy) is 2. The van der Waals surface area contributed by atoms with Crippen molar-refractivity contribution in [2.45, 2.75) is 26.2 Å². The molecule has 0 bridgehead atoms. The van der Waals surface area contributed by atoms with Crippen LogP contribution in [0.25, 0.3) is 11.0 Å². The predicted octanol–water partition coefficient (Wildman–Crippen LogP) is 2.60. The highest BCUT2D eigenvalue weighted by molar-refractivity contribution is 5.77. The molecule has 1 aromatic carbocycles. The van der Waals surface area contributed by atoms with Gasteiger partial charge in [0.1, 0.15) is 24.8 Å². The van der Waals surface area contributed by atoms with Crippen LogP contribution in [-0.4, -0.2) is 38.3 Å². The highest BCUT2D eigenvalue weighted by Crippen LogP contribution is 2.39. The summed E-state index contributed by atoms with van der Waals surface area (Å²) >= 11 is 0. The molecule has 1 N–H and O–H groups in total. The van der Waals surface area contributed by atoms with E-state index in [1.54, 1.807) is 11.0 Å². The molecule has 1 fully saturated rings. The number of benzene rings is 1. The van der Waals surface area contributed by atoms with Crippen molar-refractivity contribution in [1.82, 2.24) is 14.8 Å². The number of para-hydroxylation sites is 1. The average molecular weight is 376 g/mol. The molecule has 0 aliphatic carbocycles. The highest BCUT2D eigenvalue weighted by Gasteiger charge is 2.45. The van der Waals surface area contributed by atoms with Gasteiger partial charge in [-0.15, -0.1) is 10.1 Å².